The zero-order valence-electron chi connectivity index (χ0n) is 16.9. The molecule has 0 radical (unpaired) electrons. The molecule has 4 rings (SSSR count). The average molecular weight is 443 g/mol. The molecule has 7 nitrogen and oxygen atoms in total. The van der Waals surface area contributed by atoms with Crippen LogP contribution in [-0.2, 0) is 10.0 Å². The first-order chi connectivity index (χ1) is 15.3. The highest BCUT2D eigenvalue weighted by Gasteiger charge is 2.19. The fraction of sp³-hybridized carbons (Fsp3) is 0.0417. The summed E-state index contributed by atoms with van der Waals surface area (Å²) in [5, 5.41) is 9.67. The van der Waals surface area contributed by atoms with Crippen LogP contribution in [0.2, 0.25) is 0 Å². The van der Waals surface area contributed by atoms with Crippen LogP contribution in [0, 0.1) is 18.8 Å². The Morgan fingerprint density at radius 3 is 2.53 bits per heavy atom. The second kappa shape index (κ2) is 8.49. The van der Waals surface area contributed by atoms with Gasteiger partial charge in [-0.1, -0.05) is 36.1 Å². The number of fused-ring (bicyclic) bond motifs is 1. The Morgan fingerprint density at radius 1 is 0.969 bits per heavy atom. The molecule has 2 aromatic carbocycles. The number of aromatic carboxylic acids is 1. The summed E-state index contributed by atoms with van der Waals surface area (Å²) in [4.78, 5) is 19.1. The van der Waals surface area contributed by atoms with Gasteiger partial charge in [-0.05, 0) is 48.9 Å². The Bertz CT molecular complexity index is 1500. The fourth-order valence-electron chi connectivity index (χ4n) is 3.07. The first-order valence-electron chi connectivity index (χ1n) is 9.52. The maximum Gasteiger partial charge on any atom is 0.354 e. The molecule has 2 heterocycles. The minimum atomic E-state index is -3.93. The van der Waals surface area contributed by atoms with Gasteiger partial charge in [-0.3, -0.25) is 9.71 Å². The smallest absolute Gasteiger partial charge is 0.354 e. The Kier molecular flexibility index (Phi) is 5.58. The Hall–Kier alpha value is -4.22. The summed E-state index contributed by atoms with van der Waals surface area (Å²) in [6, 6.07) is 16.5. The van der Waals surface area contributed by atoms with E-state index in [9.17, 15) is 13.2 Å². The van der Waals surface area contributed by atoms with Gasteiger partial charge in [0, 0.05) is 28.9 Å². The monoisotopic (exact) mass is 443 g/mol. The van der Waals surface area contributed by atoms with Gasteiger partial charge < -0.3 is 5.11 Å². The van der Waals surface area contributed by atoms with E-state index in [0.717, 1.165) is 10.9 Å². The predicted octanol–water partition coefficient (Wildman–Crippen LogP) is 3.84. The summed E-state index contributed by atoms with van der Waals surface area (Å²) in [5.41, 5.74) is 2.52. The number of aryl methyl sites for hydroxylation is 1. The largest absolute Gasteiger partial charge is 0.477 e. The number of sulfonamides is 1. The lowest BCUT2D eigenvalue weighted by Gasteiger charge is -2.11. The number of pyridine rings is 2. The third-order valence-corrected chi connectivity index (χ3v) is 5.99. The zero-order valence-corrected chi connectivity index (χ0v) is 17.7. The molecule has 0 unspecified atom stereocenters. The quantitative estimate of drug-likeness (QED) is 0.464. The van der Waals surface area contributed by atoms with Crippen LogP contribution in [0.25, 0.3) is 10.9 Å². The molecule has 0 saturated carbocycles. The second-order valence-corrected chi connectivity index (χ2v) is 8.63. The molecule has 0 amide bonds. The van der Waals surface area contributed by atoms with Gasteiger partial charge in [-0.2, -0.15) is 0 Å². The molecule has 0 aliphatic heterocycles. The van der Waals surface area contributed by atoms with Crippen LogP contribution >= 0.6 is 0 Å². The van der Waals surface area contributed by atoms with Crippen LogP contribution < -0.4 is 4.72 Å². The number of hydrogen-bond acceptors (Lipinski definition) is 5. The van der Waals surface area contributed by atoms with Crippen molar-refractivity contribution in [3.8, 4) is 11.8 Å². The predicted molar refractivity (Wildman–Crippen MR) is 121 cm³/mol. The molecule has 4 aromatic rings. The molecule has 158 valence electrons. The summed E-state index contributed by atoms with van der Waals surface area (Å²) >= 11 is 0. The van der Waals surface area contributed by atoms with Crippen molar-refractivity contribution in [3.05, 3.63) is 95.4 Å². The van der Waals surface area contributed by atoms with Crippen LogP contribution in [0.1, 0.15) is 27.2 Å². The molecular weight excluding hydrogens is 426 g/mol. The molecule has 0 saturated heterocycles. The summed E-state index contributed by atoms with van der Waals surface area (Å²) in [6.07, 6.45) is 2.98. The number of anilines is 1. The lowest BCUT2D eigenvalue weighted by atomic mass is 10.1. The maximum absolute atomic E-state index is 13.2. The normalized spacial score (nSPS) is 10.9. The minimum Gasteiger partial charge on any atom is -0.477 e. The van der Waals surface area contributed by atoms with Gasteiger partial charge in [0.1, 0.15) is 10.6 Å². The van der Waals surface area contributed by atoms with Gasteiger partial charge in [-0.25, -0.2) is 18.2 Å². The number of para-hydroxylation sites is 2. The van der Waals surface area contributed by atoms with E-state index < -0.39 is 16.0 Å². The van der Waals surface area contributed by atoms with Gasteiger partial charge >= 0.3 is 5.97 Å². The summed E-state index contributed by atoms with van der Waals surface area (Å²) in [7, 11) is -3.93. The number of hydrogen-bond donors (Lipinski definition) is 2. The number of carboxylic acids is 1. The van der Waals surface area contributed by atoms with E-state index in [0.29, 0.717) is 22.3 Å². The van der Waals surface area contributed by atoms with Crippen LogP contribution in [0.4, 0.5) is 5.69 Å². The van der Waals surface area contributed by atoms with E-state index in [1.807, 2.05) is 19.1 Å². The Morgan fingerprint density at radius 2 is 1.78 bits per heavy atom. The minimum absolute atomic E-state index is 0.0752. The van der Waals surface area contributed by atoms with Crippen LogP contribution in [0.3, 0.4) is 0 Å². The number of rotatable bonds is 4. The van der Waals surface area contributed by atoms with Crippen molar-refractivity contribution < 1.29 is 18.3 Å². The topological polar surface area (TPSA) is 109 Å². The van der Waals surface area contributed by atoms with Crippen molar-refractivity contribution in [1.82, 2.24) is 9.97 Å². The number of aromatic nitrogens is 2. The molecule has 32 heavy (non-hydrogen) atoms. The van der Waals surface area contributed by atoms with Crippen LogP contribution in [0.15, 0.2) is 78.0 Å². The first kappa shape index (κ1) is 21.0. The lowest BCUT2D eigenvalue weighted by molar-refractivity contribution is 0.0690. The van der Waals surface area contributed by atoms with E-state index in [2.05, 4.69) is 26.5 Å². The maximum atomic E-state index is 13.2. The fourth-order valence-corrected chi connectivity index (χ4v) is 4.33. The number of carboxylic acid groups (broad SMARTS) is 1. The van der Waals surface area contributed by atoms with Gasteiger partial charge in [-0.15, -0.1) is 0 Å². The molecule has 0 bridgehead atoms. The summed E-state index contributed by atoms with van der Waals surface area (Å²) in [6.45, 7) is 1.89. The molecule has 2 N–H and O–H groups in total. The average Bonchev–Trinajstić information content (AvgIpc) is 2.78. The highest BCUT2D eigenvalue weighted by molar-refractivity contribution is 7.93. The molecule has 8 heteroatoms. The highest BCUT2D eigenvalue weighted by Crippen LogP contribution is 2.25. The van der Waals surface area contributed by atoms with Crippen molar-refractivity contribution in [2.45, 2.75) is 11.8 Å². The van der Waals surface area contributed by atoms with Crippen LogP contribution in [0.5, 0.6) is 0 Å². The molecular formula is C24H17N3O4S. The first-order valence-corrected chi connectivity index (χ1v) is 11.0. The van der Waals surface area contributed by atoms with Gasteiger partial charge in [0.2, 0.25) is 0 Å². The molecule has 2 aromatic heterocycles. The third kappa shape index (κ3) is 4.43. The summed E-state index contributed by atoms with van der Waals surface area (Å²) in [5.74, 6) is 4.67. The second-order valence-electron chi connectivity index (χ2n) is 6.98. The number of benzene rings is 2. The number of carbonyl (C=O) groups is 1. The van der Waals surface area contributed by atoms with E-state index in [-0.39, 0.29) is 10.6 Å². The Balaban J connectivity index is 1.68. The Labute approximate surface area is 184 Å². The van der Waals surface area contributed by atoms with Gasteiger partial charge in [0.25, 0.3) is 10.0 Å². The number of nitrogens with one attached hydrogen (secondary N) is 1. The third-order valence-electron chi connectivity index (χ3n) is 4.60. The van der Waals surface area contributed by atoms with Crippen molar-refractivity contribution in [2.24, 2.45) is 0 Å². The standard InChI is InChI=1S/C24H17N3O4S/c1-16-13-19-6-4-8-22(23(19)26-14-16)32(30,31)27-20-7-3-2-5-18(20)11-9-17-10-12-21(24(28)29)25-15-17/h2-8,10,12-15,27H,1H3,(H,28,29). The SMILES string of the molecule is Cc1cnc2c(S(=O)(=O)Nc3ccccc3C#Cc3ccc(C(=O)O)nc3)cccc2c1. The summed E-state index contributed by atoms with van der Waals surface area (Å²) < 4.78 is 28.9. The molecule has 0 spiro atoms. The van der Waals surface area contributed by atoms with Crippen molar-refractivity contribution in [1.29, 1.82) is 0 Å². The van der Waals surface area contributed by atoms with E-state index in [1.165, 1.54) is 18.3 Å². The van der Waals surface area contributed by atoms with E-state index in [1.54, 1.807) is 42.6 Å². The van der Waals surface area contributed by atoms with Crippen LogP contribution in [-0.4, -0.2) is 29.5 Å². The van der Waals surface area contributed by atoms with Gasteiger partial charge in [0.15, 0.2) is 0 Å². The van der Waals surface area contributed by atoms with Crippen molar-refractivity contribution in [2.75, 3.05) is 4.72 Å². The lowest BCUT2D eigenvalue weighted by Crippen LogP contribution is -2.14. The zero-order chi connectivity index (χ0) is 22.7. The molecule has 0 atom stereocenters. The number of nitrogens with zero attached hydrogens (tertiary/aromatic N) is 2. The van der Waals surface area contributed by atoms with Gasteiger partial charge in [0.05, 0.1) is 11.2 Å². The van der Waals surface area contributed by atoms with E-state index in [4.69, 9.17) is 5.11 Å². The highest BCUT2D eigenvalue weighted by atomic mass is 32.2. The van der Waals surface area contributed by atoms with E-state index >= 15 is 0 Å². The molecule has 0 aliphatic carbocycles. The molecule has 0 fully saturated rings. The van der Waals surface area contributed by atoms with Crippen molar-refractivity contribution in [3.63, 3.8) is 0 Å². The molecule has 0 aliphatic rings. The van der Waals surface area contributed by atoms with Crippen molar-refractivity contribution >= 4 is 32.6 Å².